The van der Waals surface area contributed by atoms with Crippen molar-refractivity contribution >= 4 is 34.0 Å². The minimum absolute atomic E-state index is 0.154. The van der Waals surface area contributed by atoms with Gasteiger partial charge in [-0.2, -0.15) is 13.2 Å². The molecular formula is C15H16F3N3O3S. The number of carbonyl (C=O) groups excluding carboxylic acids is 1. The second-order valence-electron chi connectivity index (χ2n) is 4.99. The van der Waals surface area contributed by atoms with Gasteiger partial charge in [0.15, 0.2) is 5.13 Å². The van der Waals surface area contributed by atoms with Crippen LogP contribution in [-0.4, -0.2) is 28.1 Å². The molecule has 0 bridgehead atoms. The number of nitrogens with zero attached hydrogens (tertiary/aromatic N) is 1. The highest BCUT2D eigenvalue weighted by molar-refractivity contribution is 7.17. The van der Waals surface area contributed by atoms with Crippen LogP contribution >= 0.6 is 11.3 Å². The number of para-hydroxylation sites is 1. The molecule has 0 aliphatic carbocycles. The summed E-state index contributed by atoms with van der Waals surface area (Å²) in [6.07, 6.45) is -5.08. The van der Waals surface area contributed by atoms with Gasteiger partial charge in [0.05, 0.1) is 5.69 Å². The summed E-state index contributed by atoms with van der Waals surface area (Å²) in [5, 5.41) is 10.5. The molecule has 1 aromatic carbocycles. The van der Waals surface area contributed by atoms with Crippen molar-refractivity contribution in [2.75, 3.05) is 11.1 Å². The third kappa shape index (κ3) is 5.75. The number of halogens is 3. The van der Waals surface area contributed by atoms with E-state index < -0.39 is 12.1 Å². The number of benzene rings is 1. The number of nitrogens with one attached hydrogen (secondary N) is 1. The van der Waals surface area contributed by atoms with Crippen molar-refractivity contribution in [3.63, 3.8) is 0 Å². The quantitative estimate of drug-likeness (QED) is 0.745. The maximum absolute atomic E-state index is 12.2. The van der Waals surface area contributed by atoms with E-state index in [0.717, 1.165) is 16.8 Å². The molecule has 0 radical (unpaired) electrons. The number of nitrogen functional groups attached to an aromatic ring is 1. The molecule has 1 amide bonds. The summed E-state index contributed by atoms with van der Waals surface area (Å²) < 4.78 is 31.7. The van der Waals surface area contributed by atoms with E-state index in [1.807, 2.05) is 32.0 Å². The zero-order valence-corrected chi connectivity index (χ0v) is 14.4. The van der Waals surface area contributed by atoms with Crippen molar-refractivity contribution in [1.82, 2.24) is 4.98 Å². The van der Waals surface area contributed by atoms with Crippen LogP contribution in [-0.2, 0) is 4.79 Å². The van der Waals surface area contributed by atoms with Crippen molar-refractivity contribution in [2.45, 2.75) is 26.9 Å². The number of thiazole rings is 1. The first-order chi connectivity index (χ1) is 11.4. The fourth-order valence-electron chi connectivity index (χ4n) is 1.81. The maximum atomic E-state index is 12.2. The fourth-order valence-corrected chi connectivity index (χ4v) is 2.54. The number of aromatic nitrogens is 1. The molecule has 136 valence electrons. The fraction of sp³-hybridized carbons (Fsp3) is 0.267. The molecule has 0 saturated carbocycles. The average Bonchev–Trinajstić information content (AvgIpc) is 2.81. The zero-order chi connectivity index (χ0) is 19.4. The molecule has 0 atom stereocenters. The van der Waals surface area contributed by atoms with Gasteiger partial charge in [-0.1, -0.05) is 29.5 Å². The molecule has 25 heavy (non-hydrogen) atoms. The number of hydrogen-bond donors (Lipinski definition) is 3. The lowest BCUT2D eigenvalue weighted by atomic mass is 10.1. The number of rotatable bonds is 2. The molecular weight excluding hydrogens is 359 g/mol. The molecule has 0 aliphatic rings. The Bertz CT molecular complexity index is 768. The molecule has 1 aromatic heterocycles. The van der Waals surface area contributed by atoms with E-state index in [9.17, 15) is 18.0 Å². The number of nitrogens with two attached hydrogens (primary N) is 1. The lowest BCUT2D eigenvalue weighted by molar-refractivity contribution is -0.192. The van der Waals surface area contributed by atoms with Crippen LogP contribution < -0.4 is 11.1 Å². The SMILES string of the molecule is Cc1cccc(C)c1NC(=O)c1sc(N)nc1C.O=C(O)C(F)(F)F. The van der Waals surface area contributed by atoms with Gasteiger partial charge in [0.1, 0.15) is 4.88 Å². The number of carbonyl (C=O) groups is 2. The van der Waals surface area contributed by atoms with Crippen LogP contribution in [0.2, 0.25) is 0 Å². The minimum Gasteiger partial charge on any atom is -0.475 e. The molecule has 0 aliphatic heterocycles. The Morgan fingerprint density at radius 1 is 1.20 bits per heavy atom. The van der Waals surface area contributed by atoms with E-state index in [1.54, 1.807) is 6.92 Å². The summed E-state index contributed by atoms with van der Waals surface area (Å²) in [4.78, 5) is 25.7. The number of carboxylic acid groups (broad SMARTS) is 1. The molecule has 0 unspecified atom stereocenters. The van der Waals surface area contributed by atoms with Gasteiger partial charge in [0.25, 0.3) is 5.91 Å². The first-order valence-electron chi connectivity index (χ1n) is 6.84. The zero-order valence-electron chi connectivity index (χ0n) is 13.6. The smallest absolute Gasteiger partial charge is 0.475 e. The number of carboxylic acids is 1. The van der Waals surface area contributed by atoms with Crippen molar-refractivity contribution < 1.29 is 27.9 Å². The average molecular weight is 375 g/mol. The van der Waals surface area contributed by atoms with Crippen LogP contribution in [0.5, 0.6) is 0 Å². The Balaban J connectivity index is 0.000000381. The van der Waals surface area contributed by atoms with E-state index in [1.165, 1.54) is 11.3 Å². The number of aryl methyl sites for hydroxylation is 3. The van der Waals surface area contributed by atoms with E-state index in [-0.39, 0.29) is 5.91 Å². The predicted octanol–water partition coefficient (Wildman–Crippen LogP) is 3.54. The summed E-state index contributed by atoms with van der Waals surface area (Å²) in [5.41, 5.74) is 9.20. The van der Waals surface area contributed by atoms with E-state index >= 15 is 0 Å². The van der Waals surface area contributed by atoms with Gasteiger partial charge in [0, 0.05) is 5.69 Å². The Kier molecular flexibility index (Phi) is 6.51. The molecule has 6 nitrogen and oxygen atoms in total. The van der Waals surface area contributed by atoms with Gasteiger partial charge >= 0.3 is 12.1 Å². The summed E-state index contributed by atoms with van der Waals surface area (Å²) in [7, 11) is 0. The normalized spacial score (nSPS) is 10.6. The Morgan fingerprint density at radius 2 is 1.68 bits per heavy atom. The summed E-state index contributed by atoms with van der Waals surface area (Å²) >= 11 is 1.21. The lowest BCUT2D eigenvalue weighted by Gasteiger charge is -2.10. The summed E-state index contributed by atoms with van der Waals surface area (Å²) in [5.74, 6) is -2.91. The first kappa shape index (κ1) is 20.4. The largest absolute Gasteiger partial charge is 0.490 e. The van der Waals surface area contributed by atoms with E-state index in [2.05, 4.69) is 10.3 Å². The highest BCUT2D eigenvalue weighted by Crippen LogP contribution is 2.24. The molecule has 1 heterocycles. The van der Waals surface area contributed by atoms with Crippen molar-refractivity contribution in [1.29, 1.82) is 0 Å². The highest BCUT2D eigenvalue weighted by Gasteiger charge is 2.38. The molecule has 2 aromatic rings. The van der Waals surface area contributed by atoms with Crippen LogP contribution in [0.4, 0.5) is 24.0 Å². The second kappa shape index (κ2) is 7.97. The van der Waals surface area contributed by atoms with Crippen molar-refractivity contribution in [2.24, 2.45) is 0 Å². The topological polar surface area (TPSA) is 105 Å². The third-order valence-corrected chi connectivity index (χ3v) is 3.97. The standard InChI is InChI=1S/C13H15N3OS.C2HF3O2/c1-7-5-4-6-8(2)10(7)16-12(17)11-9(3)15-13(14)18-11;3-2(4,5)1(6)7/h4-6H,1-3H3,(H2,14,15)(H,16,17);(H,6,7). The first-order valence-corrected chi connectivity index (χ1v) is 7.65. The van der Waals surface area contributed by atoms with Gasteiger partial charge in [-0.15, -0.1) is 0 Å². The highest BCUT2D eigenvalue weighted by atomic mass is 32.1. The van der Waals surface area contributed by atoms with Gasteiger partial charge in [-0.05, 0) is 31.9 Å². The van der Waals surface area contributed by atoms with Crippen LogP contribution in [0.25, 0.3) is 0 Å². The van der Waals surface area contributed by atoms with Crippen LogP contribution in [0.3, 0.4) is 0 Å². The molecule has 0 fully saturated rings. The van der Waals surface area contributed by atoms with E-state index in [0.29, 0.717) is 15.7 Å². The molecule has 4 N–H and O–H groups in total. The lowest BCUT2D eigenvalue weighted by Crippen LogP contribution is -2.21. The predicted molar refractivity (Wildman–Crippen MR) is 88.8 cm³/mol. The van der Waals surface area contributed by atoms with Gasteiger partial charge < -0.3 is 16.2 Å². The van der Waals surface area contributed by atoms with Gasteiger partial charge in [0.2, 0.25) is 0 Å². The Labute approximate surface area is 145 Å². The van der Waals surface area contributed by atoms with Crippen LogP contribution in [0.15, 0.2) is 18.2 Å². The molecule has 0 spiro atoms. The minimum atomic E-state index is -5.08. The number of hydrogen-bond acceptors (Lipinski definition) is 5. The van der Waals surface area contributed by atoms with Gasteiger partial charge in [-0.25, -0.2) is 9.78 Å². The van der Waals surface area contributed by atoms with Crippen molar-refractivity contribution in [3.8, 4) is 0 Å². The number of alkyl halides is 3. The molecule has 0 saturated heterocycles. The number of anilines is 2. The monoisotopic (exact) mass is 375 g/mol. The molecule has 2 rings (SSSR count). The summed E-state index contributed by atoms with van der Waals surface area (Å²) in [6.45, 7) is 5.72. The third-order valence-electron chi connectivity index (χ3n) is 2.98. The molecule has 10 heteroatoms. The number of amides is 1. The Hall–Kier alpha value is -2.62. The summed E-state index contributed by atoms with van der Waals surface area (Å²) in [6, 6.07) is 5.91. The number of aliphatic carboxylic acids is 1. The van der Waals surface area contributed by atoms with Crippen LogP contribution in [0.1, 0.15) is 26.5 Å². The maximum Gasteiger partial charge on any atom is 0.490 e. The van der Waals surface area contributed by atoms with E-state index in [4.69, 9.17) is 15.6 Å². The van der Waals surface area contributed by atoms with Gasteiger partial charge in [-0.3, -0.25) is 4.79 Å². The second-order valence-corrected chi connectivity index (χ2v) is 6.02. The van der Waals surface area contributed by atoms with Crippen LogP contribution in [0, 0.1) is 20.8 Å². The Morgan fingerprint density at radius 3 is 2.04 bits per heavy atom. The van der Waals surface area contributed by atoms with Crippen molar-refractivity contribution in [3.05, 3.63) is 39.9 Å².